The Hall–Kier alpha value is -1.31. The molecule has 14 heavy (non-hydrogen) atoms. The summed E-state index contributed by atoms with van der Waals surface area (Å²) < 4.78 is 5.18. The molecule has 1 aliphatic carbocycles. The number of carbonyl (C=O) groups excluding carboxylic acids is 1. The number of carbonyl (C=O) groups is 1. The van der Waals surface area contributed by atoms with Crippen molar-refractivity contribution in [1.29, 1.82) is 0 Å². The summed E-state index contributed by atoms with van der Waals surface area (Å²) >= 11 is 0. The van der Waals surface area contributed by atoms with Gasteiger partial charge in [-0.05, 0) is 17.9 Å². The smallest absolute Gasteiger partial charge is 0.309 e. The highest BCUT2D eigenvalue weighted by Gasteiger charge is 2.40. The average Bonchev–Trinajstić information content (AvgIpc) is 2.94. The Bertz CT molecular complexity index is 318. The van der Waals surface area contributed by atoms with E-state index in [9.17, 15) is 4.79 Å². The second-order valence-electron chi connectivity index (χ2n) is 3.91. The maximum Gasteiger partial charge on any atom is 0.309 e. The van der Waals surface area contributed by atoms with Crippen LogP contribution in [0, 0.1) is 11.8 Å². The maximum absolute atomic E-state index is 11.4. The van der Waals surface area contributed by atoms with Gasteiger partial charge in [0.25, 0.3) is 0 Å². The van der Waals surface area contributed by atoms with Gasteiger partial charge in [-0.2, -0.15) is 0 Å². The topological polar surface area (TPSA) is 26.3 Å². The standard InChI is InChI=1S/C12H14O2/c1-9-7-11(9)12(13)14-8-10-5-3-2-4-6-10/h2-6,9,11H,7-8H2,1H3. The highest BCUT2D eigenvalue weighted by Crippen LogP contribution is 2.38. The van der Waals surface area contributed by atoms with Gasteiger partial charge in [0.05, 0.1) is 5.92 Å². The SMILES string of the molecule is CC1CC1C(=O)OCc1ccccc1. The van der Waals surface area contributed by atoms with E-state index in [4.69, 9.17) is 4.74 Å². The molecule has 1 aromatic rings. The van der Waals surface area contributed by atoms with Crippen molar-refractivity contribution in [2.45, 2.75) is 20.0 Å². The molecule has 0 N–H and O–H groups in total. The van der Waals surface area contributed by atoms with Crippen molar-refractivity contribution in [3.63, 3.8) is 0 Å². The first-order valence-electron chi connectivity index (χ1n) is 4.98. The molecule has 0 aromatic heterocycles. The van der Waals surface area contributed by atoms with Crippen LogP contribution in [0.2, 0.25) is 0 Å². The van der Waals surface area contributed by atoms with Gasteiger partial charge in [0.2, 0.25) is 0 Å². The fourth-order valence-electron chi connectivity index (χ4n) is 1.49. The minimum Gasteiger partial charge on any atom is -0.461 e. The summed E-state index contributed by atoms with van der Waals surface area (Å²) in [5.41, 5.74) is 1.05. The van der Waals surface area contributed by atoms with Gasteiger partial charge >= 0.3 is 5.97 Å². The second kappa shape index (κ2) is 3.82. The Morgan fingerprint density at radius 3 is 2.64 bits per heavy atom. The van der Waals surface area contributed by atoms with Crippen LogP contribution in [-0.2, 0) is 16.1 Å². The van der Waals surface area contributed by atoms with E-state index in [0.717, 1.165) is 12.0 Å². The average molecular weight is 190 g/mol. The first-order chi connectivity index (χ1) is 6.77. The first kappa shape index (κ1) is 9.25. The van der Waals surface area contributed by atoms with Crippen LogP contribution >= 0.6 is 0 Å². The molecule has 2 rings (SSSR count). The Morgan fingerprint density at radius 1 is 1.43 bits per heavy atom. The minimum absolute atomic E-state index is 0.0404. The third-order valence-corrected chi connectivity index (χ3v) is 2.64. The summed E-state index contributed by atoms with van der Waals surface area (Å²) in [6.45, 7) is 2.48. The van der Waals surface area contributed by atoms with E-state index in [1.807, 2.05) is 30.3 Å². The molecule has 1 aliphatic rings. The lowest BCUT2D eigenvalue weighted by atomic mass is 10.2. The van der Waals surface area contributed by atoms with E-state index in [1.165, 1.54) is 0 Å². The third kappa shape index (κ3) is 2.13. The number of esters is 1. The first-order valence-corrected chi connectivity index (χ1v) is 4.98. The van der Waals surface area contributed by atoms with Crippen molar-refractivity contribution in [1.82, 2.24) is 0 Å². The number of hydrogen-bond donors (Lipinski definition) is 0. The van der Waals surface area contributed by atoms with Crippen LogP contribution in [0.1, 0.15) is 18.9 Å². The largest absolute Gasteiger partial charge is 0.461 e. The molecule has 0 saturated heterocycles. The zero-order valence-corrected chi connectivity index (χ0v) is 8.27. The van der Waals surface area contributed by atoms with Gasteiger partial charge in [-0.25, -0.2) is 0 Å². The van der Waals surface area contributed by atoms with Crippen LogP contribution in [0.4, 0.5) is 0 Å². The van der Waals surface area contributed by atoms with Gasteiger partial charge < -0.3 is 4.74 Å². The Labute approximate surface area is 83.9 Å². The Morgan fingerprint density at radius 2 is 2.07 bits per heavy atom. The van der Waals surface area contributed by atoms with E-state index in [1.54, 1.807) is 0 Å². The van der Waals surface area contributed by atoms with Crippen LogP contribution in [0.5, 0.6) is 0 Å². The molecule has 0 amide bonds. The number of rotatable bonds is 3. The Balaban J connectivity index is 1.80. The van der Waals surface area contributed by atoms with Crippen LogP contribution in [0.15, 0.2) is 30.3 Å². The second-order valence-corrected chi connectivity index (χ2v) is 3.91. The van der Waals surface area contributed by atoms with Crippen molar-refractivity contribution in [3.8, 4) is 0 Å². The van der Waals surface area contributed by atoms with Gasteiger partial charge in [-0.1, -0.05) is 37.3 Å². The number of benzene rings is 1. The summed E-state index contributed by atoms with van der Waals surface area (Å²) in [4.78, 5) is 11.4. The van der Waals surface area contributed by atoms with Crippen molar-refractivity contribution in [2.75, 3.05) is 0 Å². The zero-order valence-electron chi connectivity index (χ0n) is 8.27. The molecule has 2 nitrogen and oxygen atoms in total. The molecule has 1 aromatic carbocycles. The highest BCUT2D eigenvalue weighted by atomic mass is 16.5. The molecule has 74 valence electrons. The van der Waals surface area contributed by atoms with E-state index in [0.29, 0.717) is 12.5 Å². The molecule has 0 aliphatic heterocycles. The van der Waals surface area contributed by atoms with Gasteiger partial charge in [0, 0.05) is 0 Å². The fraction of sp³-hybridized carbons (Fsp3) is 0.417. The molecular weight excluding hydrogens is 176 g/mol. The van der Waals surface area contributed by atoms with E-state index >= 15 is 0 Å². The normalized spacial score (nSPS) is 24.4. The van der Waals surface area contributed by atoms with Gasteiger partial charge in [0.1, 0.15) is 6.61 Å². The highest BCUT2D eigenvalue weighted by molar-refractivity contribution is 5.75. The number of ether oxygens (including phenoxy) is 1. The van der Waals surface area contributed by atoms with Crippen LogP contribution in [0.3, 0.4) is 0 Å². The van der Waals surface area contributed by atoms with Crippen molar-refractivity contribution < 1.29 is 9.53 Å². The summed E-state index contributed by atoms with van der Waals surface area (Å²) in [5.74, 6) is 0.651. The van der Waals surface area contributed by atoms with E-state index in [2.05, 4.69) is 6.92 Å². The van der Waals surface area contributed by atoms with Gasteiger partial charge in [-0.15, -0.1) is 0 Å². The molecule has 0 radical (unpaired) electrons. The maximum atomic E-state index is 11.4. The molecule has 2 unspecified atom stereocenters. The van der Waals surface area contributed by atoms with Crippen molar-refractivity contribution in [2.24, 2.45) is 11.8 Å². The minimum atomic E-state index is -0.0404. The summed E-state index contributed by atoms with van der Waals surface area (Å²) in [6.07, 6.45) is 0.994. The fourth-order valence-corrected chi connectivity index (χ4v) is 1.49. The lowest BCUT2D eigenvalue weighted by molar-refractivity contribution is -0.146. The zero-order chi connectivity index (χ0) is 9.97. The van der Waals surface area contributed by atoms with Gasteiger partial charge in [-0.3, -0.25) is 4.79 Å². The van der Waals surface area contributed by atoms with Crippen molar-refractivity contribution >= 4 is 5.97 Å². The molecule has 2 atom stereocenters. The molecule has 2 heteroatoms. The monoisotopic (exact) mass is 190 g/mol. The summed E-state index contributed by atoms with van der Waals surface area (Å²) in [5, 5.41) is 0. The van der Waals surface area contributed by atoms with Crippen LogP contribution in [0.25, 0.3) is 0 Å². The van der Waals surface area contributed by atoms with Crippen LogP contribution < -0.4 is 0 Å². The predicted molar refractivity (Wildman–Crippen MR) is 53.5 cm³/mol. The summed E-state index contributed by atoms with van der Waals surface area (Å²) in [6, 6.07) is 9.77. The lowest BCUT2D eigenvalue weighted by Crippen LogP contribution is -2.07. The van der Waals surface area contributed by atoms with Gasteiger partial charge in [0.15, 0.2) is 0 Å². The van der Waals surface area contributed by atoms with Crippen molar-refractivity contribution in [3.05, 3.63) is 35.9 Å². The molecule has 1 fully saturated rings. The Kier molecular flexibility index (Phi) is 2.53. The summed E-state index contributed by atoms with van der Waals surface area (Å²) in [7, 11) is 0. The lowest BCUT2D eigenvalue weighted by Gasteiger charge is -2.03. The number of hydrogen-bond acceptors (Lipinski definition) is 2. The van der Waals surface area contributed by atoms with E-state index in [-0.39, 0.29) is 11.9 Å². The van der Waals surface area contributed by atoms with Crippen LogP contribution in [-0.4, -0.2) is 5.97 Å². The van der Waals surface area contributed by atoms with E-state index < -0.39 is 0 Å². The quantitative estimate of drug-likeness (QED) is 0.684. The molecule has 0 heterocycles. The predicted octanol–water partition coefficient (Wildman–Crippen LogP) is 2.39. The molecule has 1 saturated carbocycles. The third-order valence-electron chi connectivity index (χ3n) is 2.64. The molecule has 0 spiro atoms. The molecule has 0 bridgehead atoms. The molecular formula is C12H14O2.